The summed E-state index contributed by atoms with van der Waals surface area (Å²) in [5, 5.41) is 1.12. The smallest absolute Gasteiger partial charge is 0.323 e. The molecule has 0 amide bonds. The Labute approximate surface area is 874 Å². The molecular weight excluding hydrogens is 1870 g/mol. The molecule has 0 spiro atoms. The summed E-state index contributed by atoms with van der Waals surface area (Å²) in [6.45, 7) is 2.53. The zero-order chi connectivity index (χ0) is 101. The predicted molar refractivity (Wildman–Crippen MR) is 588 cm³/mol. The average Bonchev–Trinajstić information content (AvgIpc) is 0.760. The summed E-state index contributed by atoms with van der Waals surface area (Å²) >= 11 is 3.45. The first-order valence-corrected chi connectivity index (χ1v) is 55.0. The SMILES string of the molecule is O=C(CCCCCCCCCCBr)OCc1ccccc1.O=C(CCCCCCCCCCC(CCCCCCCCCCCOC(c1ccccc1)(c1ccccc1)c1ccccc1)(C(=O)OCc1ccccc1)C(=O)OCc1ccccc1)OCc1ccccc1.O=C(OCc1ccccc1)C(CCCCCCCCCCCOC(c1ccccc1)(c1ccccc1)c1ccccc1)C(=O)OCc1ccccc1. The van der Waals surface area contributed by atoms with Gasteiger partial charge < -0.3 is 37.9 Å². The lowest BCUT2D eigenvalue weighted by molar-refractivity contribution is -0.176. The first-order chi connectivity index (χ1) is 71.5. The summed E-state index contributed by atoms with van der Waals surface area (Å²) in [7, 11) is 0. The van der Waals surface area contributed by atoms with Crippen LogP contribution in [0.2, 0.25) is 0 Å². The van der Waals surface area contributed by atoms with Crippen molar-refractivity contribution in [2.75, 3.05) is 18.5 Å². The molecule has 768 valence electrons. The average molecular weight is 2020 g/mol. The highest BCUT2D eigenvalue weighted by molar-refractivity contribution is 9.09. The molecule has 0 heterocycles. The summed E-state index contributed by atoms with van der Waals surface area (Å²) in [5.41, 5.74) is 9.63. The van der Waals surface area contributed by atoms with E-state index in [1.165, 1.54) is 57.8 Å². The van der Waals surface area contributed by atoms with Crippen LogP contribution in [0, 0.1) is 11.3 Å². The minimum Gasteiger partial charge on any atom is -0.461 e. The van der Waals surface area contributed by atoms with E-state index in [0.717, 1.165) is 233 Å². The first kappa shape index (κ1) is 115. The van der Waals surface area contributed by atoms with E-state index in [9.17, 15) is 28.8 Å². The summed E-state index contributed by atoms with van der Waals surface area (Å²) in [5.74, 6) is -3.13. The van der Waals surface area contributed by atoms with Gasteiger partial charge in [0.25, 0.3) is 0 Å². The number of halogens is 1. The molecule has 0 unspecified atom stereocenters. The third-order valence-corrected chi connectivity index (χ3v) is 27.4. The zero-order valence-corrected chi connectivity index (χ0v) is 87.3. The zero-order valence-electron chi connectivity index (χ0n) is 85.8. The summed E-state index contributed by atoms with van der Waals surface area (Å²) in [6, 6.07) is 121. The molecule has 0 atom stereocenters. The lowest BCUT2D eigenvalue weighted by atomic mass is 9.77. The Morgan fingerprint density at radius 2 is 0.400 bits per heavy atom. The number of benzene rings is 12. The minimum absolute atomic E-state index is 0.0730. The molecule has 145 heavy (non-hydrogen) atoms. The number of unbranched alkanes of at least 4 members (excludes halogenated alkanes) is 30. The van der Waals surface area contributed by atoms with Gasteiger partial charge >= 0.3 is 35.8 Å². The van der Waals surface area contributed by atoms with Crippen LogP contribution in [-0.4, -0.2) is 54.4 Å². The number of rotatable bonds is 69. The van der Waals surface area contributed by atoms with Gasteiger partial charge in [-0.15, -0.1) is 0 Å². The van der Waals surface area contributed by atoms with Crippen molar-refractivity contribution in [2.45, 2.75) is 301 Å². The van der Waals surface area contributed by atoms with Crippen molar-refractivity contribution in [1.29, 1.82) is 0 Å². The van der Waals surface area contributed by atoms with Gasteiger partial charge in [0, 0.05) is 31.4 Å². The number of hydrogen-bond acceptors (Lipinski definition) is 14. The van der Waals surface area contributed by atoms with E-state index >= 15 is 0 Å². The fourth-order valence-electron chi connectivity index (χ4n) is 18.6. The van der Waals surface area contributed by atoms with E-state index in [2.05, 4.69) is 198 Å². The molecule has 0 bridgehead atoms. The molecule has 12 aromatic rings. The van der Waals surface area contributed by atoms with Gasteiger partial charge in [-0.05, 0) is 118 Å². The van der Waals surface area contributed by atoms with E-state index in [4.69, 9.17) is 37.9 Å². The number of carbonyl (C=O) groups is 6. The van der Waals surface area contributed by atoms with Crippen molar-refractivity contribution in [3.8, 4) is 0 Å². The molecule has 0 aromatic heterocycles. The van der Waals surface area contributed by atoms with E-state index in [-0.39, 0.29) is 38.4 Å². The first-order valence-electron chi connectivity index (χ1n) is 53.9. The second kappa shape index (κ2) is 70.6. The van der Waals surface area contributed by atoms with Crippen LogP contribution in [0.4, 0.5) is 0 Å². The molecule has 0 N–H and O–H groups in total. The van der Waals surface area contributed by atoms with E-state index < -0.39 is 46.4 Å². The van der Waals surface area contributed by atoms with Crippen LogP contribution in [-0.2, 0) is 118 Å². The van der Waals surface area contributed by atoms with Crippen molar-refractivity contribution < 1.29 is 66.7 Å². The second-order valence-electron chi connectivity index (χ2n) is 38.0. The van der Waals surface area contributed by atoms with E-state index in [1.807, 2.05) is 182 Å². The van der Waals surface area contributed by atoms with E-state index in [1.54, 1.807) is 0 Å². The highest BCUT2D eigenvalue weighted by Crippen LogP contribution is 2.44. The monoisotopic (exact) mass is 2020 g/mol. The topological polar surface area (TPSA) is 176 Å². The standard InChI is InChI=1S/C65H78O7.C47H52O5.C18H27BrO2/c66-61(69-52-55-36-20-14-21-37-55)48-32-10-6-2-4-8-12-34-50-64(62(67)70-53-56-38-22-15-23-39-56,63(68)71-54-57-40-24-16-25-41-57)49-33-11-7-3-1-5-9-13-35-51-72-65(58-42-26-17-27-43-58,59-44-28-18-29-45-59)60-46-30-19-31-47-60;48-45(50-37-39-25-13-8-14-26-39)44(46(49)51-38-40-27-15-9-16-28-40)35-23-6-4-2-1-3-5-7-24-36-52-47(41-29-17-10-18-30-41,42-31-19-11-20-32-42)43-33-21-12-22-34-43;19-15-11-6-4-2-1-3-5-10-14-18(20)21-16-17-12-8-7-9-13-17/h14-31,36-47H,1-13,32-35,48-54H2;8-22,25-34,44H,1-7,23-24,35-38H2;7-9,12-13H,1-6,10-11,14-16H2. The second-order valence-corrected chi connectivity index (χ2v) is 38.8. The molecule has 0 aliphatic rings. The van der Waals surface area contributed by atoms with Crippen LogP contribution in [0.3, 0.4) is 0 Å². The number of hydrogen-bond donors (Lipinski definition) is 0. The Kier molecular flexibility index (Phi) is 55.9. The molecule has 0 aliphatic heterocycles. The van der Waals surface area contributed by atoms with Gasteiger partial charge in [-0.1, -0.05) is 566 Å². The fraction of sp³-hybridized carbons (Fsp3) is 0.400. The van der Waals surface area contributed by atoms with Gasteiger partial charge in [-0.2, -0.15) is 0 Å². The molecule has 12 aromatic carbocycles. The van der Waals surface area contributed by atoms with Crippen LogP contribution in [0.25, 0.3) is 0 Å². The third kappa shape index (κ3) is 42.8. The Bertz CT molecular complexity index is 5080. The summed E-state index contributed by atoms with van der Waals surface area (Å²) in [4.78, 5) is 78.5. The molecule has 0 aliphatic carbocycles. The minimum atomic E-state index is -1.38. The Morgan fingerprint density at radius 3 is 0.641 bits per heavy atom. The maximum absolute atomic E-state index is 14.3. The lowest BCUT2D eigenvalue weighted by Crippen LogP contribution is -2.42. The van der Waals surface area contributed by atoms with Crippen LogP contribution >= 0.6 is 15.9 Å². The largest absolute Gasteiger partial charge is 0.461 e. The van der Waals surface area contributed by atoms with Crippen LogP contribution < -0.4 is 0 Å². The van der Waals surface area contributed by atoms with Crippen LogP contribution in [0.15, 0.2) is 364 Å². The van der Waals surface area contributed by atoms with Crippen molar-refractivity contribution in [1.82, 2.24) is 0 Å². The maximum atomic E-state index is 14.3. The highest BCUT2D eigenvalue weighted by Gasteiger charge is 2.48. The third-order valence-electron chi connectivity index (χ3n) is 26.8. The molecule has 12 rings (SSSR count). The number of carbonyl (C=O) groups excluding carboxylic acids is 6. The van der Waals surface area contributed by atoms with Gasteiger partial charge in [0.15, 0.2) is 11.3 Å². The molecule has 0 saturated carbocycles. The van der Waals surface area contributed by atoms with Crippen molar-refractivity contribution in [3.05, 3.63) is 431 Å². The Balaban J connectivity index is 0.000000256. The normalized spacial score (nSPS) is 11.3. The number of alkyl halides is 1. The quantitative estimate of drug-likeness (QED) is 0.00878. The van der Waals surface area contributed by atoms with Crippen molar-refractivity contribution in [3.63, 3.8) is 0 Å². The van der Waals surface area contributed by atoms with Gasteiger partial charge in [-0.25, -0.2) is 0 Å². The molecule has 0 radical (unpaired) electrons. The number of esters is 6. The fourth-order valence-corrected chi connectivity index (χ4v) is 19.0. The highest BCUT2D eigenvalue weighted by atomic mass is 79.9. The maximum Gasteiger partial charge on any atom is 0.323 e. The molecular formula is C130H157BrO14. The lowest BCUT2D eigenvalue weighted by Gasteiger charge is -2.36. The number of ether oxygens (including phenoxy) is 8. The van der Waals surface area contributed by atoms with Crippen molar-refractivity contribution in [2.24, 2.45) is 11.3 Å². The molecule has 14 nitrogen and oxygen atoms in total. The Hall–Kier alpha value is -12.1. The summed E-state index contributed by atoms with van der Waals surface area (Å²) < 4.78 is 47.7. The van der Waals surface area contributed by atoms with Crippen LogP contribution in [0.5, 0.6) is 0 Å². The summed E-state index contributed by atoms with van der Waals surface area (Å²) in [6.07, 6.45) is 38.7. The predicted octanol–water partition coefficient (Wildman–Crippen LogP) is 32.6. The molecule has 15 heteroatoms. The van der Waals surface area contributed by atoms with Gasteiger partial charge in [-0.3, -0.25) is 28.8 Å². The molecule has 0 fully saturated rings. The van der Waals surface area contributed by atoms with Gasteiger partial charge in [0.1, 0.15) is 50.8 Å². The Morgan fingerprint density at radius 1 is 0.207 bits per heavy atom. The van der Waals surface area contributed by atoms with E-state index in [0.29, 0.717) is 58.5 Å². The molecule has 0 saturated heterocycles. The van der Waals surface area contributed by atoms with Gasteiger partial charge in [0.2, 0.25) is 0 Å². The van der Waals surface area contributed by atoms with Gasteiger partial charge in [0.05, 0.1) is 0 Å². The van der Waals surface area contributed by atoms with Crippen LogP contribution in [0.1, 0.15) is 317 Å². The van der Waals surface area contributed by atoms with Crippen molar-refractivity contribution >= 4 is 51.7 Å².